The Morgan fingerprint density at radius 2 is 0.707 bits per heavy atom. The van der Waals surface area contributed by atoms with Gasteiger partial charge in [0.2, 0.25) is 0 Å². The molecule has 0 amide bonds. The van der Waals surface area contributed by atoms with Gasteiger partial charge in [-0.05, 0) is 39.0 Å². The Kier molecular flexibility index (Phi) is 38.3. The van der Waals surface area contributed by atoms with E-state index in [1.165, 1.54) is 13.8 Å². The fourth-order valence-electron chi connectivity index (χ4n) is 20.9. The summed E-state index contributed by atoms with van der Waals surface area (Å²) in [5.41, 5.74) is 32.0. The minimum absolute atomic E-state index is 0.0143. The van der Waals surface area contributed by atoms with Gasteiger partial charge >= 0.3 is 636 Å². The van der Waals surface area contributed by atoms with Gasteiger partial charge in [-0.25, -0.2) is 0 Å². The van der Waals surface area contributed by atoms with Crippen molar-refractivity contribution in [1.29, 1.82) is 0 Å². The first-order valence-electron chi connectivity index (χ1n) is 48.1. The Hall–Kier alpha value is -9.05. The molecule has 8 aromatic rings. The van der Waals surface area contributed by atoms with E-state index in [0.717, 1.165) is 50.8 Å². The molecule has 5 aliphatic rings. The summed E-state index contributed by atoms with van der Waals surface area (Å²) in [6.07, 6.45) is -19.8. The predicted molar refractivity (Wildman–Crippen MR) is 550 cm³/mol. The van der Waals surface area contributed by atoms with E-state index in [-0.39, 0.29) is 62.7 Å². The normalized spacial score (nSPS) is 28.5. The molecule has 5 saturated heterocycles. The number of azide groups is 3. The second-order valence-electron chi connectivity index (χ2n) is 39.7. The topological polar surface area (TPSA) is 379 Å². The number of benzene rings is 8. The summed E-state index contributed by atoms with van der Waals surface area (Å²) in [4.78, 5) is 52.6. The summed E-state index contributed by atoms with van der Waals surface area (Å²) < 4.78 is 142. The molecule has 27 atom stereocenters. The van der Waals surface area contributed by atoms with Gasteiger partial charge in [-0.3, -0.25) is 0 Å². The van der Waals surface area contributed by atoms with Crippen molar-refractivity contribution in [3.8, 4) is 0 Å². The molecule has 0 radical (unpaired) electrons. The van der Waals surface area contributed by atoms with Crippen LogP contribution in [0.2, 0.25) is 15.1 Å². The number of hydrogen-bond donors (Lipinski definition) is 0. The molecule has 140 heavy (non-hydrogen) atoms. The van der Waals surface area contributed by atoms with E-state index in [4.69, 9.17) is 74.9 Å². The predicted octanol–water partition coefficient (Wildman–Crippen LogP) is 14.2. The molecule has 738 valence electrons. The van der Waals surface area contributed by atoms with Crippen molar-refractivity contribution in [1.82, 2.24) is 0 Å². The first-order valence-corrected chi connectivity index (χ1v) is 56.4. The van der Waals surface area contributed by atoms with Crippen molar-refractivity contribution >= 4 is 119 Å². The molecule has 30 nitrogen and oxygen atoms in total. The van der Waals surface area contributed by atoms with Crippen LogP contribution in [0.3, 0.4) is 0 Å². The molecular formula is C101H129B4N9O21P2Si3. The van der Waals surface area contributed by atoms with Crippen molar-refractivity contribution < 1.29 is 98.7 Å². The zero-order valence-electron chi connectivity index (χ0n) is 82.4. The zero-order valence-corrected chi connectivity index (χ0v) is 87.4. The summed E-state index contributed by atoms with van der Waals surface area (Å²) in [5.74, 6) is -5.46. The van der Waals surface area contributed by atoms with Crippen LogP contribution >= 0.6 is 16.9 Å². The number of nitrogens with zero attached hydrogens (tertiary/aromatic N) is 9. The Morgan fingerprint density at radius 3 is 1.14 bits per heavy atom. The molecule has 0 spiro atoms. The van der Waals surface area contributed by atoms with Crippen LogP contribution in [0.4, 0.5) is 0 Å². The van der Waals surface area contributed by atoms with E-state index in [2.05, 4.69) is 165 Å². The number of ether oxygens (including phenoxy) is 13. The van der Waals surface area contributed by atoms with Crippen LogP contribution in [0.5, 0.6) is 0 Å². The molecule has 0 bridgehead atoms. The van der Waals surface area contributed by atoms with Crippen LogP contribution in [0.25, 0.3) is 31.3 Å². The minimum atomic E-state index is -3.62. The third-order valence-corrected chi connectivity index (χ3v) is 46.0. The Balaban J connectivity index is 0.912. The van der Waals surface area contributed by atoms with E-state index in [0.29, 0.717) is 0 Å². The van der Waals surface area contributed by atoms with E-state index in [9.17, 15) is 35.6 Å². The third-order valence-electron chi connectivity index (χ3n) is 27.7. The number of esters is 3. The van der Waals surface area contributed by atoms with Crippen LogP contribution in [-0.2, 0) is 100 Å². The molecule has 39 heteroatoms. The van der Waals surface area contributed by atoms with Crippen molar-refractivity contribution in [2.24, 2.45) is 39.0 Å². The standard InChI is InChI=1S/C101H129B4N9O21P2Si3/c1-63-78(60-123-138(99(8,9)10,72-45-29-19-30-46-72)73-47-31-20-32-48-73)127-97(85(111-114-108)92(63)136-104-102-118)132-87-65(3)89(131-94(117)71-43-27-18-28-44-71)98(130-79(87)58-120-68(6)115)133-86-64(2)83(109-112-106)96(129-81(86)61-124-139(100(11,12)13,74-49-33-21-34-50-74)75-51-35-22-36-52-75)134-90-80(59-121-69(7)116)128-95(66(4)88(90)122-57-70-41-25-17-26-42-70)135-91-82(126-67(5)84(110-113-107)93(91)137-105-103-119)62-125-140(101(14,15)16,76-53-37-23-38-54-76)77-55-39-24-40-56-77/h17-56,63-67,78-93,95-98,104-105,136-137H,57-62H2,1-16H3/t63-,64-,65+,66?,67+,78?,79?,80?,81?,82?,83?,84?,85?,86+,87+,88+,89?,90-,91-,92+,93-,95+,96+,97+,98+/m1/s1. The molecule has 0 saturated carbocycles. The van der Waals surface area contributed by atoms with Crippen LogP contribution < -0.4 is 31.1 Å². The van der Waals surface area contributed by atoms with Gasteiger partial charge in [0.25, 0.3) is 8.32 Å². The summed E-state index contributed by atoms with van der Waals surface area (Å²) in [7, 11) is -8.80. The first-order chi connectivity index (χ1) is 67.3. The number of hydrogen-bond acceptors (Lipinski definition) is 24. The molecule has 5 aliphatic heterocycles. The quantitative estimate of drug-likeness (QED) is 0.00653. The zero-order chi connectivity index (χ0) is 100. The third kappa shape index (κ3) is 24.8. The van der Waals surface area contributed by atoms with Crippen molar-refractivity contribution in [3.05, 3.63) is 285 Å². The molecular weight excluding hydrogens is 1860 g/mol. The van der Waals surface area contributed by atoms with E-state index < -0.39 is 223 Å². The van der Waals surface area contributed by atoms with Crippen molar-refractivity contribution in [2.45, 2.75) is 260 Å². The summed E-state index contributed by atoms with van der Waals surface area (Å²) in [6, 6.07) is 75.2. The van der Waals surface area contributed by atoms with E-state index in [1.54, 1.807) is 44.2 Å². The van der Waals surface area contributed by atoms with Crippen LogP contribution in [0.15, 0.2) is 258 Å². The number of carbonyl (C=O) groups excluding carboxylic acids is 3. The maximum absolute atomic E-state index is 15.3. The maximum atomic E-state index is 15.3. The van der Waals surface area contributed by atoms with Crippen LogP contribution in [0, 0.1) is 23.7 Å². The van der Waals surface area contributed by atoms with E-state index >= 15 is 4.79 Å². The SMILES string of the molecule is CC(=O)OCC1O[C@@H](O[C@@H]2C(CO[Si](c3ccccc3)(c3ccccc3)C(C)(C)C)O[C@@H](O[C@@H]3C(COC(C)=O)O[C@@H](O[C@@H]4C(CO[Si](c5ccccc5)(c5ccccc5)C(C)(C)C)O[C@@H](C)C(N=[N+]=[N-])[C@H]4PBB=O)C(C)[C@@H]3OCc3ccccc3)C(N=[N+]=[N-])[C@H]2C)C(OC(=O)c2ccccc2)[C@@H](C)[C@@H]1O[C@@H]1OC(CO[Si](c2ccccc2)(c2ccccc2)C(C)(C)C)[C@@H](C)[C@H](PBB=O)C1N=[N+]=[N-]. The fraction of sp³-hybridized carbons (Fsp3) is 0.495. The average Bonchev–Trinajstić information content (AvgIpc) is 0.730. The van der Waals surface area contributed by atoms with Gasteiger partial charge in [0.05, 0.1) is 6.61 Å². The molecule has 0 N–H and O–H groups in total. The summed E-state index contributed by atoms with van der Waals surface area (Å²) in [6.45, 7) is 30.2. The van der Waals surface area contributed by atoms with Gasteiger partial charge in [0, 0.05) is 4.91 Å². The van der Waals surface area contributed by atoms with Gasteiger partial charge in [-0.1, -0.05) is 130 Å². The molecule has 12 unspecified atom stereocenters. The van der Waals surface area contributed by atoms with Gasteiger partial charge in [0.1, 0.15) is 6.10 Å². The number of rotatable bonds is 41. The average molecular weight is 1990 g/mol. The number of carbonyl (C=O) groups is 3. The molecule has 0 aromatic heterocycles. The Labute approximate surface area is 829 Å². The Morgan fingerprint density at radius 1 is 0.371 bits per heavy atom. The molecule has 8 aromatic carbocycles. The fourth-order valence-corrected chi connectivity index (χ4v) is 37.5. The van der Waals surface area contributed by atoms with Crippen molar-refractivity contribution in [3.63, 3.8) is 0 Å². The monoisotopic (exact) mass is 1990 g/mol. The van der Waals surface area contributed by atoms with Crippen molar-refractivity contribution in [2.75, 3.05) is 33.0 Å². The van der Waals surface area contributed by atoms with Gasteiger partial charge < -0.3 is 4.43 Å². The van der Waals surface area contributed by atoms with Crippen LogP contribution in [0.1, 0.15) is 127 Å². The molecule has 5 heterocycles. The summed E-state index contributed by atoms with van der Waals surface area (Å²) in [5, 5.41) is 17.7. The van der Waals surface area contributed by atoms with Gasteiger partial charge in [0.15, 0.2) is 0 Å². The first kappa shape index (κ1) is 108. The molecule has 5 fully saturated rings. The Bertz CT molecular complexity index is 5380. The second-order valence-corrected chi connectivity index (χ2v) is 55.6. The second kappa shape index (κ2) is 49.5. The van der Waals surface area contributed by atoms with Crippen LogP contribution in [-0.4, -0.2) is 232 Å². The molecule has 0 aliphatic carbocycles. The van der Waals surface area contributed by atoms with E-state index in [1.807, 2.05) is 160 Å². The summed E-state index contributed by atoms with van der Waals surface area (Å²) >= 11 is 0. The van der Waals surface area contributed by atoms with Gasteiger partial charge in [-0.2, -0.15) is 0 Å². The van der Waals surface area contributed by atoms with Gasteiger partial charge in [-0.15, -0.1) is 0 Å². The molecule has 13 rings (SSSR count).